The molecule has 0 spiro atoms. The summed E-state index contributed by atoms with van der Waals surface area (Å²) in [6, 6.07) is 54.8. The fourth-order valence-electron chi connectivity index (χ4n) is 9.66. The first-order chi connectivity index (χ1) is 38.8. The molecule has 0 aromatic heterocycles. The van der Waals surface area contributed by atoms with Crippen molar-refractivity contribution in [1.82, 2.24) is 10.6 Å². The van der Waals surface area contributed by atoms with E-state index in [4.69, 9.17) is 33.2 Å². The second-order valence-electron chi connectivity index (χ2n) is 20.2. The highest BCUT2D eigenvalue weighted by atomic mass is 19.1. The van der Waals surface area contributed by atoms with Crippen molar-refractivity contribution in [1.29, 1.82) is 0 Å². The Morgan fingerprint density at radius 1 is 0.544 bits per heavy atom. The van der Waals surface area contributed by atoms with E-state index in [1.807, 2.05) is 159 Å². The third kappa shape index (κ3) is 21.1. The lowest BCUT2D eigenvalue weighted by molar-refractivity contribution is -0.330. The molecule has 12 nitrogen and oxygen atoms in total. The quantitative estimate of drug-likeness (QED) is 0.0325. The molecule has 6 aromatic carbocycles. The van der Waals surface area contributed by atoms with Crippen LogP contribution in [0.1, 0.15) is 116 Å². The van der Waals surface area contributed by atoms with E-state index >= 15 is 0 Å². The maximum Gasteiger partial charge on any atom is 0.254 e. The molecule has 79 heavy (non-hydrogen) atoms. The van der Waals surface area contributed by atoms with Gasteiger partial charge in [-0.15, -0.1) is 0 Å². The Labute approximate surface area is 467 Å². The average Bonchev–Trinajstić information content (AvgIpc) is 3.56. The maximum atomic E-state index is 14.1. The molecular formula is C66H81FN2O10. The van der Waals surface area contributed by atoms with Crippen molar-refractivity contribution in [3.63, 3.8) is 0 Å². The van der Waals surface area contributed by atoms with Crippen LogP contribution in [-0.4, -0.2) is 85.6 Å². The predicted molar refractivity (Wildman–Crippen MR) is 304 cm³/mol. The highest BCUT2D eigenvalue weighted by Gasteiger charge is 2.49. The second kappa shape index (κ2) is 34.8. The fraction of sp³-hybridized carbons (Fsp3) is 0.424. The van der Waals surface area contributed by atoms with Crippen molar-refractivity contribution < 1.29 is 52.2 Å². The Hall–Kier alpha value is -6.13. The van der Waals surface area contributed by atoms with Gasteiger partial charge < -0.3 is 48.9 Å². The van der Waals surface area contributed by atoms with Crippen LogP contribution >= 0.6 is 0 Å². The van der Waals surface area contributed by atoms with E-state index in [9.17, 15) is 19.1 Å². The van der Waals surface area contributed by atoms with Crippen LogP contribution in [0.2, 0.25) is 0 Å². The van der Waals surface area contributed by atoms with E-state index in [2.05, 4.69) is 10.6 Å². The number of carbonyl (C=O) groups is 2. The van der Waals surface area contributed by atoms with Crippen LogP contribution in [0.5, 0.6) is 0 Å². The van der Waals surface area contributed by atoms with Gasteiger partial charge >= 0.3 is 0 Å². The third-order valence-electron chi connectivity index (χ3n) is 14.1. The molecule has 1 aliphatic heterocycles. The topological polar surface area (TPSA) is 143 Å². The summed E-state index contributed by atoms with van der Waals surface area (Å²) < 4.78 is 61.6. The first-order valence-electron chi connectivity index (χ1n) is 28.4. The van der Waals surface area contributed by atoms with Gasteiger partial charge in [0.05, 0.1) is 64.0 Å². The van der Waals surface area contributed by atoms with Crippen molar-refractivity contribution in [2.75, 3.05) is 19.8 Å². The van der Waals surface area contributed by atoms with Gasteiger partial charge in [-0.3, -0.25) is 9.59 Å². The van der Waals surface area contributed by atoms with Crippen LogP contribution in [0.4, 0.5) is 4.39 Å². The highest BCUT2D eigenvalue weighted by Crippen LogP contribution is 2.32. The van der Waals surface area contributed by atoms with Crippen LogP contribution < -0.4 is 10.6 Å². The number of benzene rings is 6. The van der Waals surface area contributed by atoms with Gasteiger partial charge in [0.25, 0.3) is 5.91 Å². The van der Waals surface area contributed by atoms with Crippen molar-refractivity contribution in [2.24, 2.45) is 0 Å². The third-order valence-corrected chi connectivity index (χ3v) is 14.1. The van der Waals surface area contributed by atoms with Gasteiger partial charge in [0.15, 0.2) is 6.29 Å². The van der Waals surface area contributed by atoms with E-state index in [0.29, 0.717) is 32.4 Å². The van der Waals surface area contributed by atoms with Crippen LogP contribution in [0.15, 0.2) is 176 Å². The van der Waals surface area contributed by atoms with Gasteiger partial charge in [0.1, 0.15) is 36.3 Å². The number of aliphatic hydroxyl groups excluding tert-OH is 1. The number of hydrogen-bond acceptors (Lipinski definition) is 10. The van der Waals surface area contributed by atoms with E-state index in [1.165, 1.54) is 12.1 Å². The Morgan fingerprint density at radius 3 is 1.53 bits per heavy atom. The standard InChI is InChI=1S/C66H81FN2O10/c1-2-58(70)61(74-44-51-31-17-11-18-32-51)57(69-60(71)41-25-8-6-4-3-5-7-9-28-42-68-65(72)55-39-26-27-40-56(55)67)48-78-66-64(77-47-54-37-23-14-24-38-54)63(76-46-53-35-21-13-22-36-53)62(75-45-52-33-19-12-20-34-52)59(79-66)49-73-43-50-29-15-10-16-30-50/h10-24,26-27,29-40,57-59,61-64,66,70H,2-9,25,28,41-49H2,1H3,(H,68,72)(H,69,71)/t57-,58+,59?,61-,62-,63?,64?,66-/m0/s1. The molecule has 0 bridgehead atoms. The molecule has 1 fully saturated rings. The van der Waals surface area contributed by atoms with Gasteiger partial charge in [-0.05, 0) is 59.2 Å². The van der Waals surface area contributed by atoms with Gasteiger partial charge in [-0.25, -0.2) is 4.39 Å². The monoisotopic (exact) mass is 1080 g/mol. The molecule has 1 saturated heterocycles. The first kappa shape index (κ1) is 60.5. The average molecular weight is 1080 g/mol. The van der Waals surface area contributed by atoms with E-state index < -0.39 is 54.8 Å². The normalized spacial score (nSPS) is 18.3. The minimum absolute atomic E-state index is 0.0689. The number of halogens is 1. The summed E-state index contributed by atoms with van der Waals surface area (Å²) in [6.07, 6.45) is 3.57. The Kier molecular flexibility index (Phi) is 26.6. The summed E-state index contributed by atoms with van der Waals surface area (Å²) in [5, 5.41) is 17.8. The molecule has 3 unspecified atom stereocenters. The summed E-state index contributed by atoms with van der Waals surface area (Å²) in [6.45, 7) is 3.76. The minimum atomic E-state index is -1.05. The molecule has 8 atom stereocenters. The van der Waals surface area contributed by atoms with E-state index in [-0.39, 0.29) is 57.0 Å². The molecule has 1 aliphatic rings. The summed E-state index contributed by atoms with van der Waals surface area (Å²) in [7, 11) is 0. The van der Waals surface area contributed by atoms with Crippen molar-refractivity contribution in [3.05, 3.63) is 215 Å². The van der Waals surface area contributed by atoms with Gasteiger partial charge in [-0.1, -0.05) is 216 Å². The number of amides is 2. The first-order valence-corrected chi connectivity index (χ1v) is 28.4. The van der Waals surface area contributed by atoms with Gasteiger partial charge in [-0.2, -0.15) is 0 Å². The Bertz CT molecular complexity index is 2580. The highest BCUT2D eigenvalue weighted by molar-refractivity contribution is 5.94. The maximum absolute atomic E-state index is 14.1. The zero-order chi connectivity index (χ0) is 55.1. The van der Waals surface area contributed by atoms with Crippen molar-refractivity contribution in [3.8, 4) is 0 Å². The number of unbranched alkanes of at least 4 members (excludes halogenated alkanes) is 8. The Balaban J connectivity index is 1.04. The molecule has 6 aromatic rings. The lowest BCUT2D eigenvalue weighted by Crippen LogP contribution is -2.62. The lowest BCUT2D eigenvalue weighted by atomic mass is 9.97. The van der Waals surface area contributed by atoms with Gasteiger partial charge in [0.2, 0.25) is 5.91 Å². The summed E-state index contributed by atoms with van der Waals surface area (Å²) >= 11 is 0. The van der Waals surface area contributed by atoms with Crippen molar-refractivity contribution >= 4 is 11.8 Å². The molecule has 1 heterocycles. The van der Waals surface area contributed by atoms with E-state index in [1.54, 1.807) is 12.1 Å². The predicted octanol–water partition coefficient (Wildman–Crippen LogP) is 12.0. The molecule has 2 amide bonds. The smallest absolute Gasteiger partial charge is 0.254 e. The summed E-state index contributed by atoms with van der Waals surface area (Å²) in [5.41, 5.74) is 4.90. The molecule has 0 saturated carbocycles. The fourth-order valence-corrected chi connectivity index (χ4v) is 9.66. The molecule has 7 rings (SSSR count). The Morgan fingerprint density at radius 2 is 1.00 bits per heavy atom. The number of rotatable bonds is 36. The number of nitrogens with one attached hydrogen (secondary N) is 2. The summed E-state index contributed by atoms with van der Waals surface area (Å²) in [5.74, 6) is -1.06. The summed E-state index contributed by atoms with van der Waals surface area (Å²) in [4.78, 5) is 26.3. The molecule has 422 valence electrons. The second-order valence-corrected chi connectivity index (χ2v) is 20.2. The number of hydrogen-bond donors (Lipinski definition) is 3. The molecule has 3 N–H and O–H groups in total. The number of carbonyl (C=O) groups excluding carboxylic acids is 2. The zero-order valence-corrected chi connectivity index (χ0v) is 45.8. The largest absolute Gasteiger partial charge is 0.390 e. The lowest BCUT2D eigenvalue weighted by Gasteiger charge is -2.46. The molecular weight excluding hydrogens is 1000 g/mol. The number of ether oxygens (including phenoxy) is 7. The SMILES string of the molecule is CC[C@@H](O)[C@@H](OCc1ccccc1)[C@H](CO[C@H]1OC(COCc2ccccc2)[C@H](OCc2ccccc2)C(OCc2ccccc2)C1OCc1ccccc1)NC(=O)CCCCCCCCCCCNC(=O)c1ccccc1F. The minimum Gasteiger partial charge on any atom is -0.390 e. The van der Waals surface area contributed by atoms with Crippen LogP contribution in [0.25, 0.3) is 0 Å². The van der Waals surface area contributed by atoms with E-state index in [0.717, 1.165) is 79.2 Å². The molecule has 0 aliphatic carbocycles. The molecule has 13 heteroatoms. The molecule has 0 radical (unpaired) electrons. The van der Waals surface area contributed by atoms with Crippen molar-refractivity contribution in [2.45, 2.75) is 160 Å². The van der Waals surface area contributed by atoms with Gasteiger partial charge in [0, 0.05) is 13.0 Å². The van der Waals surface area contributed by atoms with Crippen LogP contribution in [0.3, 0.4) is 0 Å². The van der Waals surface area contributed by atoms with Crippen LogP contribution in [-0.2, 0) is 71.0 Å². The number of aliphatic hydroxyl groups is 1. The van der Waals surface area contributed by atoms with Crippen LogP contribution in [0, 0.1) is 5.82 Å². The zero-order valence-electron chi connectivity index (χ0n) is 45.8.